The fourth-order valence-electron chi connectivity index (χ4n) is 5.20. The Labute approximate surface area is 286 Å². The van der Waals surface area contributed by atoms with Gasteiger partial charge in [-0.15, -0.1) is 0 Å². The van der Waals surface area contributed by atoms with Crippen LogP contribution >= 0.6 is 34.5 Å². The average Bonchev–Trinajstić information content (AvgIpc) is 3.34. The number of aromatic nitrogens is 1. The molecule has 0 bridgehead atoms. The number of thiazole rings is 1. The van der Waals surface area contributed by atoms with Gasteiger partial charge in [0.1, 0.15) is 6.61 Å². The van der Waals surface area contributed by atoms with E-state index in [1.54, 1.807) is 64.5 Å². The second kappa shape index (κ2) is 14.7. The van der Waals surface area contributed by atoms with E-state index in [-0.39, 0.29) is 30.5 Å². The first-order valence-corrected chi connectivity index (χ1v) is 16.4. The van der Waals surface area contributed by atoms with Crippen molar-refractivity contribution in [1.29, 1.82) is 0 Å². The number of ether oxygens (including phenoxy) is 5. The Hall–Kier alpha value is -4.25. The van der Waals surface area contributed by atoms with Crippen LogP contribution in [0.4, 0.5) is 0 Å². The number of carbonyl (C=O) groups is 1. The van der Waals surface area contributed by atoms with Gasteiger partial charge in [-0.2, -0.15) is 0 Å². The van der Waals surface area contributed by atoms with Gasteiger partial charge in [-0.05, 0) is 75.2 Å². The summed E-state index contributed by atoms with van der Waals surface area (Å²) < 4.78 is 30.7. The van der Waals surface area contributed by atoms with Crippen LogP contribution in [0.1, 0.15) is 50.4 Å². The van der Waals surface area contributed by atoms with Crippen LogP contribution in [-0.2, 0) is 16.1 Å². The molecule has 0 amide bonds. The molecule has 47 heavy (non-hydrogen) atoms. The molecule has 0 saturated carbocycles. The van der Waals surface area contributed by atoms with Gasteiger partial charge in [0.15, 0.2) is 27.8 Å². The van der Waals surface area contributed by atoms with E-state index in [4.69, 9.17) is 46.9 Å². The summed E-state index contributed by atoms with van der Waals surface area (Å²) in [4.78, 5) is 32.7. The second-order valence-electron chi connectivity index (χ2n) is 10.8. The van der Waals surface area contributed by atoms with Crippen LogP contribution in [-0.4, -0.2) is 37.5 Å². The Balaban J connectivity index is 1.64. The largest absolute Gasteiger partial charge is 0.493 e. The quantitative estimate of drug-likeness (QED) is 0.165. The lowest BCUT2D eigenvalue weighted by atomic mass is 9.95. The molecular weight excluding hydrogens is 663 g/mol. The summed E-state index contributed by atoms with van der Waals surface area (Å²) in [6.07, 6.45) is 1.65. The SMILES string of the molecule is CCOC(=O)C1=C(C)N=c2s/c(=C/c3cccc(OC)c3OCc3ccc(Cl)c(Cl)c3)c(=O)n2[C@@H]1c1ccc(OC(C)C)c(OC)c1. The Morgan fingerprint density at radius 1 is 1.02 bits per heavy atom. The predicted molar refractivity (Wildman–Crippen MR) is 183 cm³/mol. The van der Waals surface area contributed by atoms with Gasteiger partial charge in [0.25, 0.3) is 5.56 Å². The number of nitrogens with zero attached hydrogens (tertiary/aromatic N) is 2. The molecule has 1 aliphatic heterocycles. The summed E-state index contributed by atoms with van der Waals surface area (Å²) in [5, 5.41) is 0.863. The number of hydrogen-bond acceptors (Lipinski definition) is 9. The Morgan fingerprint density at radius 2 is 1.79 bits per heavy atom. The zero-order chi connectivity index (χ0) is 33.8. The molecule has 0 radical (unpaired) electrons. The number of esters is 1. The highest BCUT2D eigenvalue weighted by Gasteiger charge is 2.34. The molecule has 5 rings (SSSR count). The van der Waals surface area contributed by atoms with E-state index in [0.717, 1.165) is 5.56 Å². The standard InChI is InChI=1S/C35H34Cl2N2O7S/c1-7-44-34(41)30-20(4)38-35-39(31(30)22-12-14-26(46-19(2)3)28(16-22)43-6)33(40)29(47-35)17-23-9-8-10-27(42-5)32(23)45-18-21-11-13-24(36)25(37)15-21/h8-17,19,31H,7,18H2,1-6H3/b29-17+/t31-/m1/s1. The highest BCUT2D eigenvalue weighted by Crippen LogP contribution is 2.37. The van der Waals surface area contributed by atoms with Crippen molar-refractivity contribution in [3.63, 3.8) is 0 Å². The van der Waals surface area contributed by atoms with Crippen molar-refractivity contribution < 1.29 is 28.5 Å². The molecule has 0 aliphatic carbocycles. The molecule has 0 fully saturated rings. The number of allylic oxidation sites excluding steroid dienone is 1. The van der Waals surface area contributed by atoms with E-state index in [1.165, 1.54) is 15.9 Å². The van der Waals surface area contributed by atoms with E-state index in [2.05, 4.69) is 4.99 Å². The Bertz CT molecular complexity index is 2030. The van der Waals surface area contributed by atoms with Crippen LogP contribution in [0.15, 0.2) is 75.7 Å². The van der Waals surface area contributed by atoms with Gasteiger partial charge in [0, 0.05) is 5.56 Å². The van der Waals surface area contributed by atoms with E-state index in [9.17, 15) is 9.59 Å². The molecule has 1 aromatic heterocycles. The minimum absolute atomic E-state index is 0.0841. The Morgan fingerprint density at radius 3 is 2.47 bits per heavy atom. The van der Waals surface area contributed by atoms with Crippen LogP contribution < -0.4 is 33.8 Å². The molecule has 1 aliphatic rings. The summed E-state index contributed by atoms with van der Waals surface area (Å²) in [7, 11) is 3.09. The number of benzene rings is 3. The van der Waals surface area contributed by atoms with Crippen molar-refractivity contribution in [3.05, 3.63) is 112 Å². The van der Waals surface area contributed by atoms with Crippen molar-refractivity contribution in [1.82, 2.24) is 4.57 Å². The van der Waals surface area contributed by atoms with Crippen LogP contribution in [0.2, 0.25) is 10.0 Å². The highest BCUT2D eigenvalue weighted by atomic mass is 35.5. The van der Waals surface area contributed by atoms with Crippen molar-refractivity contribution >= 4 is 46.6 Å². The minimum atomic E-state index is -0.829. The van der Waals surface area contributed by atoms with Gasteiger partial charge in [-0.3, -0.25) is 9.36 Å². The molecule has 0 unspecified atom stereocenters. The number of para-hydroxylation sites is 1. The van der Waals surface area contributed by atoms with Gasteiger partial charge in [0.05, 0.1) is 58.8 Å². The molecule has 4 aromatic rings. The average molecular weight is 698 g/mol. The van der Waals surface area contributed by atoms with Gasteiger partial charge in [-0.1, -0.05) is 58.8 Å². The van der Waals surface area contributed by atoms with Crippen LogP contribution in [0.5, 0.6) is 23.0 Å². The number of fused-ring (bicyclic) bond motifs is 1. The number of rotatable bonds is 11. The van der Waals surface area contributed by atoms with Crippen molar-refractivity contribution in [2.75, 3.05) is 20.8 Å². The lowest BCUT2D eigenvalue weighted by Gasteiger charge is -2.25. The molecule has 3 aromatic carbocycles. The second-order valence-corrected chi connectivity index (χ2v) is 12.6. The third kappa shape index (κ3) is 7.20. The topological polar surface area (TPSA) is 97.6 Å². The summed E-state index contributed by atoms with van der Waals surface area (Å²) >= 11 is 13.5. The first kappa shape index (κ1) is 34.1. The molecule has 0 saturated heterocycles. The molecule has 246 valence electrons. The van der Waals surface area contributed by atoms with Crippen molar-refractivity contribution in [3.8, 4) is 23.0 Å². The highest BCUT2D eigenvalue weighted by molar-refractivity contribution is 7.07. The van der Waals surface area contributed by atoms with Gasteiger partial charge >= 0.3 is 5.97 Å². The maximum atomic E-state index is 14.3. The molecule has 9 nitrogen and oxygen atoms in total. The molecular formula is C35H34Cl2N2O7S. The van der Waals surface area contributed by atoms with Gasteiger partial charge < -0.3 is 23.7 Å². The molecule has 1 atom stereocenters. The molecule has 2 heterocycles. The molecule has 0 N–H and O–H groups in total. The monoisotopic (exact) mass is 696 g/mol. The summed E-state index contributed by atoms with van der Waals surface area (Å²) in [6.45, 7) is 7.65. The lowest BCUT2D eigenvalue weighted by Crippen LogP contribution is -2.40. The van der Waals surface area contributed by atoms with E-state index in [0.29, 0.717) is 59.2 Å². The number of methoxy groups -OCH3 is 2. The first-order chi connectivity index (χ1) is 22.6. The zero-order valence-electron chi connectivity index (χ0n) is 26.8. The summed E-state index contributed by atoms with van der Waals surface area (Å²) in [5.41, 5.74) is 2.43. The first-order valence-electron chi connectivity index (χ1n) is 14.8. The zero-order valence-corrected chi connectivity index (χ0v) is 29.1. The maximum Gasteiger partial charge on any atom is 0.338 e. The smallest absolute Gasteiger partial charge is 0.338 e. The third-order valence-electron chi connectivity index (χ3n) is 7.27. The van der Waals surface area contributed by atoms with Crippen LogP contribution in [0.25, 0.3) is 6.08 Å². The van der Waals surface area contributed by atoms with Gasteiger partial charge in [-0.25, -0.2) is 9.79 Å². The maximum absolute atomic E-state index is 14.3. The summed E-state index contributed by atoms with van der Waals surface area (Å²) in [6, 6.07) is 15.2. The normalized spacial score (nSPS) is 14.5. The number of halogens is 2. The van der Waals surface area contributed by atoms with Crippen LogP contribution in [0.3, 0.4) is 0 Å². The predicted octanol–water partition coefficient (Wildman–Crippen LogP) is 6.49. The molecule has 0 spiro atoms. The van der Waals surface area contributed by atoms with E-state index in [1.807, 2.05) is 38.1 Å². The summed E-state index contributed by atoms with van der Waals surface area (Å²) in [5.74, 6) is 1.39. The fourth-order valence-corrected chi connectivity index (χ4v) is 6.56. The number of hydrogen-bond donors (Lipinski definition) is 0. The fraction of sp³-hybridized carbons (Fsp3) is 0.286. The number of carbonyl (C=O) groups excluding carboxylic acids is 1. The van der Waals surface area contributed by atoms with Crippen molar-refractivity contribution in [2.24, 2.45) is 4.99 Å². The lowest BCUT2D eigenvalue weighted by molar-refractivity contribution is -0.139. The van der Waals surface area contributed by atoms with E-state index < -0.39 is 12.0 Å². The van der Waals surface area contributed by atoms with Gasteiger partial charge in [0.2, 0.25) is 0 Å². The molecule has 12 heteroatoms. The minimum Gasteiger partial charge on any atom is -0.493 e. The van der Waals surface area contributed by atoms with Crippen LogP contribution in [0, 0.1) is 0 Å². The van der Waals surface area contributed by atoms with E-state index >= 15 is 0 Å². The van der Waals surface area contributed by atoms with Crippen molar-refractivity contribution in [2.45, 2.75) is 46.4 Å². The third-order valence-corrected chi connectivity index (χ3v) is 8.99. The Kier molecular flexibility index (Phi) is 10.6.